The molecule has 2 amide bonds. The molecule has 0 fully saturated rings. The molecule has 32 heavy (non-hydrogen) atoms. The fourth-order valence-corrected chi connectivity index (χ4v) is 2.75. The number of hydrogen-bond donors (Lipinski definition) is 6. The number of alkyl carbamates (subject to hydrolysis) is 1. The first kappa shape index (κ1) is 24.6. The van der Waals surface area contributed by atoms with Gasteiger partial charge in [-0.25, -0.2) is 9.59 Å². The van der Waals surface area contributed by atoms with E-state index >= 15 is 0 Å². The number of rotatable bonds is 11. The molecule has 12 nitrogen and oxygen atoms in total. The van der Waals surface area contributed by atoms with Gasteiger partial charge in [0, 0.05) is 24.9 Å². The number of benzene rings is 1. The number of nitrogens with zero attached hydrogens (tertiary/aromatic N) is 1. The first-order valence-electron chi connectivity index (χ1n) is 9.94. The van der Waals surface area contributed by atoms with Crippen LogP contribution in [0.15, 0.2) is 29.4 Å². The average Bonchev–Trinajstić information content (AvgIpc) is 3.19. The second-order valence-electron chi connectivity index (χ2n) is 7.28. The number of amidine groups is 1. The molecule has 3 atom stereocenters. The number of oxime groups is 1. The van der Waals surface area contributed by atoms with Gasteiger partial charge in [0.05, 0.1) is 24.8 Å². The number of carbonyl (C=O) groups is 3. The highest BCUT2D eigenvalue weighted by atomic mass is 16.6. The van der Waals surface area contributed by atoms with Gasteiger partial charge < -0.3 is 36.2 Å². The highest BCUT2D eigenvalue weighted by molar-refractivity contribution is 6.02. The third-order valence-electron chi connectivity index (χ3n) is 4.54. The minimum absolute atomic E-state index is 0.0436. The van der Waals surface area contributed by atoms with Gasteiger partial charge in [-0.1, -0.05) is 29.4 Å². The predicted molar refractivity (Wildman–Crippen MR) is 113 cm³/mol. The number of nitrogens with one attached hydrogen (secondary N) is 3. The summed E-state index contributed by atoms with van der Waals surface area (Å²) in [5, 5.41) is 34.3. The van der Waals surface area contributed by atoms with E-state index in [0.717, 1.165) is 5.56 Å². The molecule has 0 aromatic heterocycles. The van der Waals surface area contributed by atoms with Crippen LogP contribution in [0.4, 0.5) is 4.79 Å². The lowest BCUT2D eigenvalue weighted by atomic mass is 10.0. The topological polar surface area (TPSA) is 196 Å². The number of nitrogens with two attached hydrogens (primary N) is 1. The number of ether oxygens (including phenoxy) is 1. The lowest BCUT2D eigenvalue weighted by Crippen LogP contribution is -2.49. The van der Waals surface area contributed by atoms with Gasteiger partial charge in [-0.2, -0.15) is 0 Å². The molecule has 1 heterocycles. The maximum atomic E-state index is 12.2. The Morgan fingerprint density at radius 3 is 2.62 bits per heavy atom. The summed E-state index contributed by atoms with van der Waals surface area (Å²) in [6.07, 6.45) is -1.58. The number of hydrogen-bond acceptors (Lipinski definition) is 8. The normalized spacial score (nSPS) is 16.8. The van der Waals surface area contributed by atoms with E-state index in [4.69, 9.17) is 25.8 Å². The lowest BCUT2D eigenvalue weighted by Gasteiger charge is -2.16. The van der Waals surface area contributed by atoms with Gasteiger partial charge in [0.2, 0.25) is 5.91 Å². The zero-order valence-electron chi connectivity index (χ0n) is 17.5. The fourth-order valence-electron chi connectivity index (χ4n) is 2.75. The number of nitrogen functional groups attached to an aromatic ring is 1. The van der Waals surface area contributed by atoms with Crippen LogP contribution in [-0.2, 0) is 19.2 Å². The Balaban J connectivity index is 1.76. The van der Waals surface area contributed by atoms with Crippen molar-refractivity contribution in [1.82, 2.24) is 10.6 Å². The van der Waals surface area contributed by atoms with E-state index in [1.807, 2.05) is 0 Å². The third kappa shape index (κ3) is 7.87. The Morgan fingerprint density at radius 2 is 2.03 bits per heavy atom. The lowest BCUT2D eigenvalue weighted by molar-refractivity contribution is -0.139. The molecule has 0 saturated heterocycles. The van der Waals surface area contributed by atoms with Crippen molar-refractivity contribution in [3.8, 4) is 0 Å². The highest BCUT2D eigenvalue weighted by Gasteiger charge is 2.26. The number of aliphatic hydroxyl groups is 1. The van der Waals surface area contributed by atoms with E-state index in [-0.39, 0.29) is 31.8 Å². The number of aliphatic hydroxyl groups excluding tert-OH is 1. The maximum Gasteiger partial charge on any atom is 0.407 e. The van der Waals surface area contributed by atoms with Gasteiger partial charge in [0.25, 0.3) is 0 Å². The number of amides is 2. The van der Waals surface area contributed by atoms with Crippen LogP contribution in [0.3, 0.4) is 0 Å². The molecule has 0 unspecified atom stereocenters. The van der Waals surface area contributed by atoms with Crippen molar-refractivity contribution in [2.75, 3.05) is 13.2 Å². The summed E-state index contributed by atoms with van der Waals surface area (Å²) in [5.74, 6) is -1.85. The van der Waals surface area contributed by atoms with Crippen LogP contribution in [0.1, 0.15) is 37.3 Å². The van der Waals surface area contributed by atoms with Gasteiger partial charge in [0.15, 0.2) is 0 Å². The van der Waals surface area contributed by atoms with Crippen LogP contribution < -0.4 is 16.4 Å². The molecule has 7 N–H and O–H groups in total. The predicted octanol–water partition coefficient (Wildman–Crippen LogP) is -0.0797. The molecule has 0 aliphatic carbocycles. The maximum absolute atomic E-state index is 12.2. The van der Waals surface area contributed by atoms with Crippen molar-refractivity contribution in [2.45, 2.75) is 44.4 Å². The van der Waals surface area contributed by atoms with Gasteiger partial charge in [-0.15, -0.1) is 0 Å². The van der Waals surface area contributed by atoms with Crippen LogP contribution in [0.25, 0.3) is 0 Å². The standard InChI is InChI=1S/C20H27N5O7/c1-11(26)6-7-31-20(30)24-16(19(28)29)10-23-17(27)9-14-8-15(25-32-14)12-2-4-13(5-3-12)18(21)22/h2-5,11,14,16,26H,6-10H2,1H3,(H3,21,22)(H,23,27)(H,24,30)(H,28,29)/t11-,14-,16+/m1/s1. The van der Waals surface area contributed by atoms with Crippen LogP contribution in [0, 0.1) is 5.41 Å². The quantitative estimate of drug-likeness (QED) is 0.199. The molecule has 2 rings (SSSR count). The second-order valence-corrected chi connectivity index (χ2v) is 7.28. The second kappa shape index (κ2) is 11.6. The monoisotopic (exact) mass is 449 g/mol. The molecule has 1 aliphatic rings. The highest BCUT2D eigenvalue weighted by Crippen LogP contribution is 2.19. The van der Waals surface area contributed by atoms with Crippen molar-refractivity contribution in [3.63, 3.8) is 0 Å². The third-order valence-corrected chi connectivity index (χ3v) is 4.54. The zero-order chi connectivity index (χ0) is 23.7. The van der Waals surface area contributed by atoms with Crippen LogP contribution in [-0.4, -0.2) is 71.1 Å². The Hall–Kier alpha value is -3.67. The summed E-state index contributed by atoms with van der Waals surface area (Å²) in [6.45, 7) is 1.12. The van der Waals surface area contributed by atoms with Gasteiger partial charge in [-0.05, 0) is 12.5 Å². The molecule has 1 aromatic rings. The van der Waals surface area contributed by atoms with E-state index in [2.05, 4.69) is 15.8 Å². The molecule has 0 bridgehead atoms. The molecule has 12 heteroatoms. The molecule has 0 saturated carbocycles. The number of carboxylic acid groups (broad SMARTS) is 1. The molecule has 0 spiro atoms. The Labute approximate surface area is 184 Å². The number of carboxylic acids is 1. The number of carbonyl (C=O) groups excluding carboxylic acids is 2. The van der Waals surface area contributed by atoms with E-state index in [9.17, 15) is 19.5 Å². The van der Waals surface area contributed by atoms with Gasteiger partial charge in [-0.3, -0.25) is 10.2 Å². The van der Waals surface area contributed by atoms with E-state index < -0.39 is 36.2 Å². The minimum Gasteiger partial charge on any atom is -0.480 e. The Bertz CT molecular complexity index is 870. The minimum atomic E-state index is -1.38. The summed E-state index contributed by atoms with van der Waals surface area (Å²) >= 11 is 0. The van der Waals surface area contributed by atoms with E-state index in [1.54, 1.807) is 24.3 Å². The Kier molecular flexibility index (Phi) is 8.95. The summed E-state index contributed by atoms with van der Waals surface area (Å²) < 4.78 is 4.78. The largest absolute Gasteiger partial charge is 0.480 e. The number of aliphatic carboxylic acids is 1. The van der Waals surface area contributed by atoms with Crippen molar-refractivity contribution < 1.29 is 34.2 Å². The SMILES string of the molecule is C[C@@H](O)CCOC(=O)N[C@@H](CNC(=O)C[C@H]1CC(c2ccc(C(=N)N)cc2)=NO1)C(=O)O. The summed E-state index contributed by atoms with van der Waals surface area (Å²) in [5.41, 5.74) is 7.43. The van der Waals surface area contributed by atoms with Crippen molar-refractivity contribution in [3.05, 3.63) is 35.4 Å². The van der Waals surface area contributed by atoms with Crippen molar-refractivity contribution in [2.24, 2.45) is 10.9 Å². The van der Waals surface area contributed by atoms with Crippen LogP contribution in [0.2, 0.25) is 0 Å². The average molecular weight is 449 g/mol. The van der Waals surface area contributed by atoms with Crippen molar-refractivity contribution in [1.29, 1.82) is 5.41 Å². The molecule has 174 valence electrons. The molecule has 1 aromatic carbocycles. The van der Waals surface area contributed by atoms with Crippen LogP contribution >= 0.6 is 0 Å². The van der Waals surface area contributed by atoms with Crippen LogP contribution in [0.5, 0.6) is 0 Å². The van der Waals surface area contributed by atoms with Gasteiger partial charge in [0.1, 0.15) is 18.0 Å². The fraction of sp³-hybridized carbons (Fsp3) is 0.450. The van der Waals surface area contributed by atoms with E-state index in [0.29, 0.717) is 17.7 Å². The zero-order valence-corrected chi connectivity index (χ0v) is 17.5. The summed E-state index contributed by atoms with van der Waals surface area (Å²) in [4.78, 5) is 40.4. The van der Waals surface area contributed by atoms with Gasteiger partial charge >= 0.3 is 12.1 Å². The van der Waals surface area contributed by atoms with Crippen molar-refractivity contribution >= 4 is 29.5 Å². The first-order valence-corrected chi connectivity index (χ1v) is 9.94. The molecule has 0 radical (unpaired) electrons. The molecular formula is C20H27N5O7. The Morgan fingerprint density at radius 1 is 1.34 bits per heavy atom. The first-order chi connectivity index (χ1) is 15.2. The molecular weight excluding hydrogens is 422 g/mol. The summed E-state index contributed by atoms with van der Waals surface area (Å²) in [6, 6.07) is 5.51. The smallest absolute Gasteiger partial charge is 0.407 e. The van der Waals surface area contributed by atoms with E-state index in [1.165, 1.54) is 6.92 Å². The summed E-state index contributed by atoms with van der Waals surface area (Å²) in [7, 11) is 0. The molecule has 1 aliphatic heterocycles.